The number of anilines is 1. The Bertz CT molecular complexity index is 949. The summed E-state index contributed by atoms with van der Waals surface area (Å²) in [5, 5.41) is 3.49. The number of nitrogens with zero attached hydrogens (tertiary/aromatic N) is 2. The van der Waals surface area contributed by atoms with E-state index in [4.69, 9.17) is 0 Å². The number of rotatable bonds is 4. The number of hydrogen-bond donors (Lipinski definition) is 1. The van der Waals surface area contributed by atoms with E-state index in [1.54, 1.807) is 0 Å². The van der Waals surface area contributed by atoms with Crippen LogP contribution in [0.4, 0.5) is 9.52 Å². The van der Waals surface area contributed by atoms with Crippen LogP contribution >= 0.6 is 11.3 Å². The molecule has 1 aliphatic heterocycles. The second-order valence-electron chi connectivity index (χ2n) is 7.24. The van der Waals surface area contributed by atoms with E-state index in [2.05, 4.69) is 10.3 Å². The summed E-state index contributed by atoms with van der Waals surface area (Å²) in [5.74, 6) is -1.10. The molecule has 1 N–H and O–H groups in total. The Morgan fingerprint density at radius 2 is 1.93 bits per heavy atom. The van der Waals surface area contributed by atoms with Crippen LogP contribution in [0.5, 0.6) is 0 Å². The minimum Gasteiger partial charge on any atom is -0.302 e. The van der Waals surface area contributed by atoms with E-state index in [0.29, 0.717) is 11.6 Å². The van der Waals surface area contributed by atoms with E-state index < -0.39 is 21.8 Å². The van der Waals surface area contributed by atoms with Gasteiger partial charge in [-0.1, -0.05) is 6.42 Å². The number of hydrogen-bond acceptors (Lipinski definition) is 5. The van der Waals surface area contributed by atoms with Gasteiger partial charge in [-0.05, 0) is 56.4 Å². The van der Waals surface area contributed by atoms with Gasteiger partial charge in [0, 0.05) is 18.0 Å². The maximum Gasteiger partial charge on any atom is 0.243 e. The first-order chi connectivity index (χ1) is 13.4. The van der Waals surface area contributed by atoms with Crippen LogP contribution in [-0.2, 0) is 27.7 Å². The van der Waals surface area contributed by atoms with Gasteiger partial charge in [-0.2, -0.15) is 4.31 Å². The van der Waals surface area contributed by atoms with Crippen LogP contribution in [0.3, 0.4) is 0 Å². The number of amides is 1. The number of fused-ring (bicyclic) bond motifs is 1. The van der Waals surface area contributed by atoms with E-state index in [9.17, 15) is 17.6 Å². The number of carbonyl (C=O) groups is 1. The summed E-state index contributed by atoms with van der Waals surface area (Å²) >= 11 is 1.53. The van der Waals surface area contributed by atoms with Crippen LogP contribution in [0.25, 0.3) is 0 Å². The van der Waals surface area contributed by atoms with E-state index in [1.807, 2.05) is 0 Å². The molecule has 1 saturated heterocycles. The van der Waals surface area contributed by atoms with E-state index in [0.717, 1.165) is 43.5 Å². The molecule has 4 rings (SSSR count). The van der Waals surface area contributed by atoms with Gasteiger partial charge < -0.3 is 5.32 Å². The van der Waals surface area contributed by atoms with Crippen LogP contribution in [-0.4, -0.2) is 36.7 Å². The monoisotopic (exact) mass is 423 g/mol. The molecule has 1 amide bonds. The average Bonchev–Trinajstić information content (AvgIpc) is 3.25. The molecular weight excluding hydrogens is 401 g/mol. The standard InChI is InChI=1S/C19H22FN3O3S2/c20-14-6-8-15(9-7-14)28(25,26)23-11-10-13(12-23)18(24)22-19-21-16-4-2-1-3-5-17(16)27-19/h6-9,13H,1-5,10-12H2,(H,21,22,24). The fraction of sp³-hybridized carbons (Fsp3) is 0.474. The molecule has 1 atom stereocenters. The Balaban J connectivity index is 1.41. The average molecular weight is 424 g/mol. The molecule has 2 aliphatic rings. The smallest absolute Gasteiger partial charge is 0.243 e. The van der Waals surface area contributed by atoms with Crippen molar-refractivity contribution in [3.8, 4) is 0 Å². The first-order valence-electron chi connectivity index (χ1n) is 9.48. The Labute approximate surface area is 167 Å². The van der Waals surface area contributed by atoms with Crippen LogP contribution in [0.2, 0.25) is 0 Å². The zero-order valence-corrected chi connectivity index (χ0v) is 17.0. The van der Waals surface area contributed by atoms with Crippen molar-refractivity contribution in [2.45, 2.75) is 43.4 Å². The third kappa shape index (κ3) is 3.97. The van der Waals surface area contributed by atoms with Crippen molar-refractivity contribution >= 4 is 32.4 Å². The number of halogens is 1. The molecule has 0 saturated carbocycles. The Kier molecular flexibility index (Phi) is 5.48. The third-order valence-corrected chi connectivity index (χ3v) is 8.25. The van der Waals surface area contributed by atoms with E-state index in [-0.39, 0.29) is 23.9 Å². The summed E-state index contributed by atoms with van der Waals surface area (Å²) in [6.07, 6.45) is 5.91. The minimum atomic E-state index is -3.73. The number of sulfonamides is 1. The molecule has 28 heavy (non-hydrogen) atoms. The van der Waals surface area contributed by atoms with Crippen molar-refractivity contribution in [2.75, 3.05) is 18.4 Å². The third-order valence-electron chi connectivity index (χ3n) is 5.30. The summed E-state index contributed by atoms with van der Waals surface area (Å²) in [5.41, 5.74) is 1.09. The molecule has 1 fully saturated rings. The number of nitrogens with one attached hydrogen (secondary N) is 1. The summed E-state index contributed by atoms with van der Waals surface area (Å²) < 4.78 is 39.8. The predicted molar refractivity (Wildman–Crippen MR) is 105 cm³/mol. The fourth-order valence-corrected chi connectivity index (χ4v) is 6.26. The normalized spacial score (nSPS) is 20.5. The molecule has 1 aromatic carbocycles. The second kappa shape index (κ2) is 7.88. The van der Waals surface area contributed by atoms with Crippen molar-refractivity contribution < 1.29 is 17.6 Å². The maximum atomic E-state index is 13.1. The van der Waals surface area contributed by atoms with E-state index >= 15 is 0 Å². The minimum absolute atomic E-state index is 0.0404. The van der Waals surface area contributed by atoms with Crippen LogP contribution in [0.1, 0.15) is 36.3 Å². The molecule has 0 bridgehead atoms. The number of thiazole rings is 1. The quantitative estimate of drug-likeness (QED) is 0.766. The fourth-order valence-electron chi connectivity index (χ4n) is 3.71. The molecule has 9 heteroatoms. The van der Waals surface area contributed by atoms with Gasteiger partial charge in [-0.3, -0.25) is 4.79 Å². The summed E-state index contributed by atoms with van der Waals surface area (Å²) in [6.45, 7) is 0.392. The maximum absolute atomic E-state index is 13.1. The first-order valence-corrected chi connectivity index (χ1v) is 11.7. The van der Waals surface area contributed by atoms with Crippen LogP contribution in [0.15, 0.2) is 29.2 Å². The number of benzene rings is 1. The molecular formula is C19H22FN3O3S2. The Morgan fingerprint density at radius 1 is 1.18 bits per heavy atom. The highest BCUT2D eigenvalue weighted by atomic mass is 32.2. The summed E-state index contributed by atoms with van der Waals surface area (Å²) in [7, 11) is -3.73. The molecule has 1 aromatic heterocycles. The molecule has 150 valence electrons. The van der Waals surface area contributed by atoms with Crippen LogP contribution in [0, 0.1) is 11.7 Å². The molecule has 1 unspecified atom stereocenters. The van der Waals surface area contributed by atoms with Gasteiger partial charge in [0.2, 0.25) is 15.9 Å². The molecule has 0 spiro atoms. The van der Waals surface area contributed by atoms with Gasteiger partial charge in [-0.25, -0.2) is 17.8 Å². The van der Waals surface area contributed by atoms with Crippen molar-refractivity contribution in [3.63, 3.8) is 0 Å². The highest BCUT2D eigenvalue weighted by Crippen LogP contribution is 2.30. The highest BCUT2D eigenvalue weighted by molar-refractivity contribution is 7.89. The van der Waals surface area contributed by atoms with Crippen molar-refractivity contribution in [2.24, 2.45) is 5.92 Å². The van der Waals surface area contributed by atoms with E-state index in [1.165, 1.54) is 39.1 Å². The van der Waals surface area contributed by atoms with Gasteiger partial charge in [-0.15, -0.1) is 11.3 Å². The van der Waals surface area contributed by atoms with Crippen molar-refractivity contribution in [1.29, 1.82) is 0 Å². The van der Waals surface area contributed by atoms with Gasteiger partial charge in [0.05, 0.1) is 16.5 Å². The number of aromatic nitrogens is 1. The predicted octanol–water partition coefficient (Wildman–Crippen LogP) is 3.20. The van der Waals surface area contributed by atoms with Crippen molar-refractivity contribution in [3.05, 3.63) is 40.7 Å². The lowest BCUT2D eigenvalue weighted by Crippen LogP contribution is -2.31. The molecule has 2 aromatic rings. The Morgan fingerprint density at radius 3 is 2.71 bits per heavy atom. The second-order valence-corrected chi connectivity index (χ2v) is 10.3. The van der Waals surface area contributed by atoms with Crippen molar-refractivity contribution in [1.82, 2.24) is 9.29 Å². The van der Waals surface area contributed by atoms with Gasteiger partial charge in [0.15, 0.2) is 5.13 Å². The topological polar surface area (TPSA) is 79.4 Å². The molecule has 0 radical (unpaired) electrons. The molecule has 1 aliphatic carbocycles. The van der Waals surface area contributed by atoms with Gasteiger partial charge in [0.1, 0.15) is 5.82 Å². The number of carbonyl (C=O) groups excluding carboxylic acids is 1. The molecule has 2 heterocycles. The van der Waals surface area contributed by atoms with Gasteiger partial charge >= 0.3 is 0 Å². The summed E-state index contributed by atoms with van der Waals surface area (Å²) in [4.78, 5) is 18.5. The molecule has 6 nitrogen and oxygen atoms in total. The first kappa shape index (κ1) is 19.5. The lowest BCUT2D eigenvalue weighted by molar-refractivity contribution is -0.119. The highest BCUT2D eigenvalue weighted by Gasteiger charge is 2.36. The number of aryl methyl sites for hydroxylation is 2. The Hall–Kier alpha value is -1.84. The lowest BCUT2D eigenvalue weighted by atomic mass is 10.1. The zero-order chi connectivity index (χ0) is 19.7. The SMILES string of the molecule is O=C(Nc1nc2c(s1)CCCCC2)C1CCN(S(=O)(=O)c2ccc(F)cc2)C1. The summed E-state index contributed by atoms with van der Waals surface area (Å²) in [6, 6.07) is 4.75. The zero-order valence-electron chi connectivity index (χ0n) is 15.4. The van der Waals surface area contributed by atoms with Gasteiger partial charge in [0.25, 0.3) is 0 Å². The van der Waals surface area contributed by atoms with Crippen LogP contribution < -0.4 is 5.32 Å². The lowest BCUT2D eigenvalue weighted by Gasteiger charge is -2.16. The largest absolute Gasteiger partial charge is 0.302 e.